The number of carbonyl (C=O) groups excluding carboxylic acids is 2. The molecule has 0 spiro atoms. The minimum atomic E-state index is -0.892. The number of para-hydroxylation sites is 3. The number of unbranched alkanes of at least 4 members (excludes halogenated alkanes) is 1. The minimum absolute atomic E-state index is 0.118. The zero-order chi connectivity index (χ0) is 19.6. The lowest BCUT2D eigenvalue weighted by Gasteiger charge is -2.12. The molecular formula is C19H21N3O5. The van der Waals surface area contributed by atoms with Gasteiger partial charge in [-0.25, -0.2) is 0 Å². The molecule has 0 aliphatic heterocycles. The quantitative estimate of drug-likeness (QED) is 0.321. The number of nitrogens with one attached hydrogen (secondary N) is 2. The van der Waals surface area contributed by atoms with Gasteiger partial charge in [-0.3, -0.25) is 19.7 Å². The van der Waals surface area contributed by atoms with Gasteiger partial charge < -0.3 is 15.4 Å². The number of benzene rings is 2. The monoisotopic (exact) mass is 371 g/mol. The van der Waals surface area contributed by atoms with Gasteiger partial charge in [-0.05, 0) is 18.6 Å². The van der Waals surface area contributed by atoms with Crippen LogP contribution in [0.15, 0.2) is 48.5 Å². The Kier molecular flexibility index (Phi) is 7.30. The molecule has 27 heavy (non-hydrogen) atoms. The van der Waals surface area contributed by atoms with Gasteiger partial charge in [0.15, 0.2) is 0 Å². The molecule has 0 aromatic heterocycles. The highest BCUT2D eigenvalue weighted by Gasteiger charge is 2.18. The van der Waals surface area contributed by atoms with Crippen molar-refractivity contribution in [2.24, 2.45) is 0 Å². The van der Waals surface area contributed by atoms with E-state index in [-0.39, 0.29) is 12.2 Å². The van der Waals surface area contributed by atoms with Gasteiger partial charge in [0.25, 0.3) is 5.69 Å². The summed E-state index contributed by atoms with van der Waals surface area (Å²) < 4.78 is 5.61. The summed E-state index contributed by atoms with van der Waals surface area (Å²) in [5.41, 5.74) is 0.583. The molecule has 8 nitrogen and oxygen atoms in total. The summed E-state index contributed by atoms with van der Waals surface area (Å²) in [6, 6.07) is 12.8. The highest BCUT2D eigenvalue weighted by atomic mass is 16.6. The van der Waals surface area contributed by atoms with E-state index in [9.17, 15) is 19.7 Å². The van der Waals surface area contributed by atoms with Gasteiger partial charge >= 0.3 is 11.8 Å². The third-order valence-electron chi connectivity index (χ3n) is 3.72. The molecule has 0 aliphatic carbocycles. The second-order valence-electron chi connectivity index (χ2n) is 5.72. The van der Waals surface area contributed by atoms with Gasteiger partial charge in [-0.1, -0.05) is 43.7 Å². The number of hydrogen-bond acceptors (Lipinski definition) is 5. The number of nitro benzene ring substituents is 1. The van der Waals surface area contributed by atoms with Crippen LogP contribution < -0.4 is 15.4 Å². The summed E-state index contributed by atoms with van der Waals surface area (Å²) in [5.74, 6) is -1.29. The maximum atomic E-state index is 12.1. The van der Waals surface area contributed by atoms with Crippen LogP contribution in [-0.2, 0) is 16.1 Å². The maximum absolute atomic E-state index is 12.1. The Morgan fingerprint density at radius 2 is 1.78 bits per heavy atom. The summed E-state index contributed by atoms with van der Waals surface area (Å²) in [5, 5.41) is 15.9. The molecule has 0 unspecified atom stereocenters. The topological polar surface area (TPSA) is 111 Å². The molecule has 0 saturated carbocycles. The van der Waals surface area contributed by atoms with Crippen LogP contribution in [0, 0.1) is 10.1 Å². The number of hydrogen-bond donors (Lipinski definition) is 2. The first-order valence-electron chi connectivity index (χ1n) is 8.56. The van der Waals surface area contributed by atoms with Gasteiger partial charge in [0.05, 0.1) is 23.8 Å². The normalized spacial score (nSPS) is 10.1. The van der Waals surface area contributed by atoms with Crippen molar-refractivity contribution in [2.45, 2.75) is 26.3 Å². The predicted octanol–water partition coefficient (Wildman–Crippen LogP) is 3.03. The lowest BCUT2D eigenvalue weighted by molar-refractivity contribution is -0.385. The molecule has 8 heteroatoms. The van der Waals surface area contributed by atoms with Crippen molar-refractivity contribution in [1.82, 2.24) is 5.32 Å². The van der Waals surface area contributed by atoms with Crippen molar-refractivity contribution in [1.29, 1.82) is 0 Å². The van der Waals surface area contributed by atoms with Gasteiger partial charge in [-0.2, -0.15) is 0 Å². The van der Waals surface area contributed by atoms with Gasteiger partial charge in [0.2, 0.25) is 0 Å². The minimum Gasteiger partial charge on any atom is -0.491 e. The summed E-state index contributed by atoms with van der Waals surface area (Å²) >= 11 is 0. The van der Waals surface area contributed by atoms with Crippen LogP contribution in [0.5, 0.6) is 5.75 Å². The molecule has 0 saturated heterocycles. The van der Waals surface area contributed by atoms with Gasteiger partial charge in [-0.15, -0.1) is 0 Å². The molecule has 0 heterocycles. The van der Waals surface area contributed by atoms with Crippen LogP contribution in [0.4, 0.5) is 11.4 Å². The van der Waals surface area contributed by atoms with E-state index in [0.29, 0.717) is 23.6 Å². The number of carbonyl (C=O) groups is 2. The SMILES string of the molecule is CCCCOc1ccccc1NC(=O)C(=O)NCc1ccccc1[N+](=O)[O-]. The summed E-state index contributed by atoms with van der Waals surface area (Å²) in [4.78, 5) is 34.6. The molecule has 0 atom stereocenters. The van der Waals surface area contributed by atoms with Crippen LogP contribution in [0.1, 0.15) is 25.3 Å². The number of ether oxygens (including phenoxy) is 1. The average molecular weight is 371 g/mol. The van der Waals surface area contributed by atoms with E-state index in [1.165, 1.54) is 18.2 Å². The fourth-order valence-electron chi connectivity index (χ4n) is 2.30. The molecule has 2 rings (SSSR count). The number of amides is 2. The number of rotatable bonds is 8. The van der Waals surface area contributed by atoms with Gasteiger partial charge in [0.1, 0.15) is 5.75 Å². The molecule has 2 N–H and O–H groups in total. The molecule has 0 bridgehead atoms. The summed E-state index contributed by atoms with van der Waals surface area (Å²) in [7, 11) is 0. The smallest absolute Gasteiger partial charge is 0.313 e. The van der Waals surface area contributed by atoms with E-state index in [1.807, 2.05) is 6.92 Å². The lowest BCUT2D eigenvalue weighted by atomic mass is 10.2. The van der Waals surface area contributed by atoms with Crippen molar-refractivity contribution in [3.8, 4) is 5.75 Å². The molecule has 2 aromatic rings. The largest absolute Gasteiger partial charge is 0.491 e. The molecular weight excluding hydrogens is 350 g/mol. The van der Waals surface area contributed by atoms with Crippen LogP contribution in [0.25, 0.3) is 0 Å². The Morgan fingerprint density at radius 1 is 1.07 bits per heavy atom. The van der Waals surface area contributed by atoms with E-state index in [2.05, 4.69) is 10.6 Å². The van der Waals surface area contributed by atoms with Crippen molar-refractivity contribution < 1.29 is 19.2 Å². The standard InChI is InChI=1S/C19H21N3O5/c1-2-3-12-27-17-11-7-5-9-15(17)21-19(24)18(23)20-13-14-8-4-6-10-16(14)22(25)26/h4-11H,2-3,12-13H2,1H3,(H,20,23)(H,21,24). The zero-order valence-corrected chi connectivity index (χ0v) is 14.9. The van der Waals surface area contributed by atoms with E-state index < -0.39 is 16.7 Å². The van der Waals surface area contributed by atoms with Crippen LogP contribution in [0.3, 0.4) is 0 Å². The molecule has 2 aromatic carbocycles. The molecule has 0 aliphatic rings. The fourth-order valence-corrected chi connectivity index (χ4v) is 2.30. The molecule has 0 radical (unpaired) electrons. The average Bonchev–Trinajstić information content (AvgIpc) is 2.67. The van der Waals surface area contributed by atoms with Crippen molar-refractivity contribution in [3.63, 3.8) is 0 Å². The second-order valence-corrected chi connectivity index (χ2v) is 5.72. The lowest BCUT2D eigenvalue weighted by Crippen LogP contribution is -2.35. The Balaban J connectivity index is 1.97. The summed E-state index contributed by atoms with van der Waals surface area (Å²) in [6.45, 7) is 2.42. The fraction of sp³-hybridized carbons (Fsp3) is 0.263. The molecule has 2 amide bonds. The Morgan fingerprint density at radius 3 is 2.52 bits per heavy atom. The first kappa shape index (κ1) is 19.9. The number of anilines is 1. The first-order chi connectivity index (χ1) is 13.0. The number of nitrogens with zero attached hydrogens (tertiary/aromatic N) is 1. The Bertz CT molecular complexity index is 822. The second kappa shape index (κ2) is 9.91. The molecule has 0 fully saturated rings. The van der Waals surface area contributed by atoms with E-state index in [4.69, 9.17) is 4.74 Å². The van der Waals surface area contributed by atoms with Crippen molar-refractivity contribution in [2.75, 3.05) is 11.9 Å². The zero-order valence-electron chi connectivity index (χ0n) is 14.9. The first-order valence-corrected chi connectivity index (χ1v) is 8.56. The molecule has 142 valence electrons. The Labute approximate surface area is 156 Å². The van der Waals surface area contributed by atoms with Crippen LogP contribution in [0.2, 0.25) is 0 Å². The maximum Gasteiger partial charge on any atom is 0.313 e. The van der Waals surface area contributed by atoms with E-state index in [0.717, 1.165) is 12.8 Å². The third kappa shape index (κ3) is 5.81. The number of nitro groups is 1. The van der Waals surface area contributed by atoms with Gasteiger partial charge in [0, 0.05) is 11.6 Å². The highest BCUT2D eigenvalue weighted by Crippen LogP contribution is 2.24. The predicted molar refractivity (Wildman–Crippen MR) is 100 cm³/mol. The van der Waals surface area contributed by atoms with Crippen LogP contribution >= 0.6 is 0 Å². The highest BCUT2D eigenvalue weighted by molar-refractivity contribution is 6.39. The Hall–Kier alpha value is -3.42. The van der Waals surface area contributed by atoms with Crippen molar-refractivity contribution in [3.05, 3.63) is 64.2 Å². The summed E-state index contributed by atoms with van der Waals surface area (Å²) in [6.07, 6.45) is 1.85. The van der Waals surface area contributed by atoms with E-state index >= 15 is 0 Å². The third-order valence-corrected chi connectivity index (χ3v) is 3.72. The van der Waals surface area contributed by atoms with Crippen LogP contribution in [-0.4, -0.2) is 23.3 Å². The van der Waals surface area contributed by atoms with E-state index in [1.54, 1.807) is 30.3 Å². The van der Waals surface area contributed by atoms with Crippen molar-refractivity contribution >= 4 is 23.2 Å².